The van der Waals surface area contributed by atoms with Crippen molar-refractivity contribution in [1.82, 2.24) is 9.78 Å². The molecule has 4 rings (SSSR count). The lowest BCUT2D eigenvalue weighted by molar-refractivity contribution is -0.113. The van der Waals surface area contributed by atoms with Crippen LogP contribution in [0.25, 0.3) is 5.69 Å². The molecule has 0 aliphatic carbocycles. The van der Waals surface area contributed by atoms with Gasteiger partial charge in [0, 0.05) is 16.1 Å². The van der Waals surface area contributed by atoms with Crippen LogP contribution in [-0.2, 0) is 4.79 Å². The number of para-hydroxylation sites is 1. The Hall–Kier alpha value is -2.64. The van der Waals surface area contributed by atoms with Crippen LogP contribution in [0.2, 0.25) is 5.02 Å². The summed E-state index contributed by atoms with van der Waals surface area (Å²) >= 11 is 7.89. The molecule has 1 N–H and O–H groups in total. The van der Waals surface area contributed by atoms with Crippen molar-refractivity contribution in [3.05, 3.63) is 63.8 Å². The number of ether oxygens (including phenoxy) is 2. The second kappa shape index (κ2) is 8.24. The van der Waals surface area contributed by atoms with E-state index in [1.165, 1.54) is 11.8 Å². The summed E-state index contributed by atoms with van der Waals surface area (Å²) in [7, 11) is 3.24. The fraction of sp³-hybridized carbons (Fsp3) is 0.273. The quantitative estimate of drug-likeness (QED) is 0.619. The van der Waals surface area contributed by atoms with Gasteiger partial charge >= 0.3 is 0 Å². The number of carbonyl (C=O) groups excluding carboxylic acids is 1. The van der Waals surface area contributed by atoms with Gasteiger partial charge in [-0.05, 0) is 37.6 Å². The van der Waals surface area contributed by atoms with Gasteiger partial charge in [-0.1, -0.05) is 29.8 Å². The lowest BCUT2D eigenvalue weighted by Crippen LogP contribution is -2.15. The van der Waals surface area contributed by atoms with Gasteiger partial charge < -0.3 is 14.8 Å². The highest BCUT2D eigenvalue weighted by atomic mass is 35.5. The molecule has 2 aromatic carbocycles. The van der Waals surface area contributed by atoms with Gasteiger partial charge in [0.25, 0.3) is 0 Å². The minimum atomic E-state index is -0.154. The zero-order valence-electron chi connectivity index (χ0n) is 17.2. The van der Waals surface area contributed by atoms with Crippen molar-refractivity contribution in [2.45, 2.75) is 19.1 Å². The monoisotopic (exact) mass is 443 g/mol. The summed E-state index contributed by atoms with van der Waals surface area (Å²) in [6, 6.07) is 11.5. The van der Waals surface area contributed by atoms with Crippen molar-refractivity contribution in [3.8, 4) is 17.2 Å². The van der Waals surface area contributed by atoms with E-state index in [2.05, 4.69) is 5.32 Å². The van der Waals surface area contributed by atoms with E-state index >= 15 is 0 Å². The van der Waals surface area contributed by atoms with Crippen molar-refractivity contribution in [2.24, 2.45) is 0 Å². The number of nitrogens with one attached hydrogen (secondary N) is 1. The van der Waals surface area contributed by atoms with Crippen LogP contribution in [0, 0.1) is 13.8 Å². The number of aryl methyl sites for hydroxylation is 2. The molecule has 0 radical (unpaired) electrons. The van der Waals surface area contributed by atoms with Gasteiger partial charge in [-0.2, -0.15) is 5.10 Å². The van der Waals surface area contributed by atoms with Crippen molar-refractivity contribution in [3.63, 3.8) is 0 Å². The Bertz CT molecular complexity index is 1130. The first-order valence-electron chi connectivity index (χ1n) is 9.43. The van der Waals surface area contributed by atoms with Crippen LogP contribution in [0.4, 0.5) is 5.82 Å². The third-order valence-electron chi connectivity index (χ3n) is 5.12. The standard InChI is InChI=1S/C22H22ClN3O3S/c1-12-8-9-14(10-16(12)23)26-22-19(13(2)25-26)21(30-11-18(27)24-22)15-6-5-7-17(28-3)20(15)29-4/h5-10,21H,11H2,1-4H3,(H,24,27)/t21-/m0/s1. The number of benzene rings is 2. The van der Waals surface area contributed by atoms with Crippen LogP contribution in [0.1, 0.15) is 27.6 Å². The molecule has 0 spiro atoms. The van der Waals surface area contributed by atoms with Crippen LogP contribution in [-0.4, -0.2) is 35.7 Å². The molecule has 0 saturated heterocycles. The van der Waals surface area contributed by atoms with Crippen LogP contribution >= 0.6 is 23.4 Å². The number of aromatic nitrogens is 2. The predicted molar refractivity (Wildman–Crippen MR) is 121 cm³/mol. The zero-order valence-corrected chi connectivity index (χ0v) is 18.7. The summed E-state index contributed by atoms with van der Waals surface area (Å²) in [6.07, 6.45) is 0. The maximum atomic E-state index is 12.6. The number of carbonyl (C=O) groups is 1. The van der Waals surface area contributed by atoms with E-state index in [9.17, 15) is 4.79 Å². The minimum Gasteiger partial charge on any atom is -0.493 e. The molecule has 2 heterocycles. The Balaban J connectivity index is 1.92. The maximum absolute atomic E-state index is 12.6. The van der Waals surface area contributed by atoms with E-state index in [-0.39, 0.29) is 11.2 Å². The van der Waals surface area contributed by atoms with Crippen LogP contribution in [0.5, 0.6) is 11.5 Å². The molecule has 1 aliphatic heterocycles. The molecular weight excluding hydrogens is 422 g/mol. The number of rotatable bonds is 4. The molecule has 0 unspecified atom stereocenters. The zero-order chi connectivity index (χ0) is 21.4. The van der Waals surface area contributed by atoms with Crippen LogP contribution < -0.4 is 14.8 Å². The van der Waals surface area contributed by atoms with Crippen molar-refractivity contribution in [2.75, 3.05) is 25.3 Å². The first kappa shape index (κ1) is 20.6. The molecule has 1 amide bonds. The number of methoxy groups -OCH3 is 2. The molecule has 1 aromatic heterocycles. The summed E-state index contributed by atoms with van der Waals surface area (Å²) in [5, 5.41) is 8.27. The van der Waals surface area contributed by atoms with E-state index < -0.39 is 0 Å². The lowest BCUT2D eigenvalue weighted by Gasteiger charge is -2.20. The number of anilines is 1. The highest BCUT2D eigenvalue weighted by molar-refractivity contribution is 8.00. The van der Waals surface area contributed by atoms with Gasteiger partial charge in [0.05, 0.1) is 36.6 Å². The third-order valence-corrected chi connectivity index (χ3v) is 6.78. The largest absolute Gasteiger partial charge is 0.493 e. The number of halogens is 1. The fourth-order valence-electron chi connectivity index (χ4n) is 3.65. The Labute approximate surface area is 184 Å². The highest BCUT2D eigenvalue weighted by Gasteiger charge is 2.33. The second-order valence-electron chi connectivity index (χ2n) is 7.01. The molecule has 1 aliphatic rings. The smallest absolute Gasteiger partial charge is 0.235 e. The summed E-state index contributed by atoms with van der Waals surface area (Å²) in [6.45, 7) is 3.90. The number of thioether (sulfide) groups is 1. The van der Waals surface area contributed by atoms with Gasteiger partial charge in [-0.25, -0.2) is 4.68 Å². The van der Waals surface area contributed by atoms with E-state index in [0.29, 0.717) is 28.1 Å². The topological polar surface area (TPSA) is 65.4 Å². The maximum Gasteiger partial charge on any atom is 0.235 e. The Morgan fingerprint density at radius 2 is 2.00 bits per heavy atom. The summed E-state index contributed by atoms with van der Waals surface area (Å²) in [4.78, 5) is 12.6. The van der Waals surface area contributed by atoms with Crippen molar-refractivity contribution >= 4 is 35.1 Å². The number of hydrogen-bond donors (Lipinski definition) is 1. The van der Waals surface area contributed by atoms with Crippen molar-refractivity contribution < 1.29 is 14.3 Å². The fourth-order valence-corrected chi connectivity index (χ4v) is 5.03. The Morgan fingerprint density at radius 1 is 1.20 bits per heavy atom. The first-order chi connectivity index (χ1) is 14.4. The van der Waals surface area contributed by atoms with Crippen LogP contribution in [0.15, 0.2) is 36.4 Å². The number of nitrogens with zero attached hydrogens (tertiary/aromatic N) is 2. The minimum absolute atomic E-state index is 0.0787. The number of hydrogen-bond acceptors (Lipinski definition) is 5. The molecule has 156 valence electrons. The first-order valence-corrected chi connectivity index (χ1v) is 10.9. The van der Waals surface area contributed by atoms with Gasteiger partial charge in [0.2, 0.25) is 5.91 Å². The molecule has 8 heteroatoms. The highest BCUT2D eigenvalue weighted by Crippen LogP contribution is 2.48. The van der Waals surface area contributed by atoms with E-state index in [1.807, 2.05) is 50.2 Å². The van der Waals surface area contributed by atoms with E-state index in [0.717, 1.165) is 28.1 Å². The second-order valence-corrected chi connectivity index (χ2v) is 8.52. The molecule has 30 heavy (non-hydrogen) atoms. The molecule has 1 atom stereocenters. The summed E-state index contributed by atoms with van der Waals surface area (Å²) in [5.41, 5.74) is 4.47. The molecule has 0 bridgehead atoms. The Morgan fingerprint density at radius 3 is 2.70 bits per heavy atom. The van der Waals surface area contributed by atoms with Gasteiger partial charge in [-0.15, -0.1) is 11.8 Å². The average Bonchev–Trinajstić information content (AvgIpc) is 2.94. The predicted octanol–water partition coefficient (Wildman–Crippen LogP) is 4.93. The molecule has 0 saturated carbocycles. The van der Waals surface area contributed by atoms with Crippen molar-refractivity contribution in [1.29, 1.82) is 0 Å². The number of amides is 1. The van der Waals surface area contributed by atoms with Gasteiger partial charge in [0.1, 0.15) is 5.82 Å². The van der Waals surface area contributed by atoms with E-state index in [1.54, 1.807) is 18.9 Å². The average molecular weight is 444 g/mol. The van der Waals surface area contributed by atoms with Crippen LogP contribution in [0.3, 0.4) is 0 Å². The lowest BCUT2D eigenvalue weighted by atomic mass is 10.0. The SMILES string of the molecule is COc1cccc([C@@H]2SCC(=O)Nc3c2c(C)nn3-c2ccc(C)c(Cl)c2)c1OC. The van der Waals surface area contributed by atoms with Gasteiger partial charge in [0.15, 0.2) is 11.5 Å². The normalized spacial score (nSPS) is 15.9. The third kappa shape index (κ3) is 3.52. The number of fused-ring (bicyclic) bond motifs is 1. The Kier molecular flexibility index (Phi) is 5.66. The molecule has 0 fully saturated rings. The molecule has 3 aromatic rings. The molecule has 6 nitrogen and oxygen atoms in total. The molecular formula is C22H22ClN3O3S. The summed E-state index contributed by atoms with van der Waals surface area (Å²) < 4.78 is 12.9. The summed E-state index contributed by atoms with van der Waals surface area (Å²) in [5.74, 6) is 2.19. The van der Waals surface area contributed by atoms with Gasteiger partial charge in [-0.3, -0.25) is 4.79 Å². The van der Waals surface area contributed by atoms with E-state index in [4.69, 9.17) is 26.2 Å².